The number of thiazole rings is 1. The van der Waals surface area contributed by atoms with Crippen molar-refractivity contribution in [2.24, 2.45) is 0 Å². The Kier molecular flexibility index (Phi) is 5.25. The average Bonchev–Trinajstić information content (AvgIpc) is 3.17. The first-order valence-corrected chi connectivity index (χ1v) is 10.4. The molecule has 0 N–H and O–H groups in total. The van der Waals surface area contributed by atoms with Crippen LogP contribution in [0, 0.1) is 5.82 Å². The van der Waals surface area contributed by atoms with Crippen molar-refractivity contribution in [3.05, 3.63) is 50.6 Å². The minimum atomic E-state index is -0.499. The molecular formula is C18H18BrFN4O2S. The summed E-state index contributed by atoms with van der Waals surface area (Å²) < 4.78 is 14.6. The van der Waals surface area contributed by atoms with E-state index in [0.29, 0.717) is 36.3 Å². The Morgan fingerprint density at radius 1 is 1.11 bits per heavy atom. The molecule has 3 heterocycles. The van der Waals surface area contributed by atoms with Crippen LogP contribution in [0.25, 0.3) is 0 Å². The first kappa shape index (κ1) is 18.5. The predicted octanol–water partition coefficient (Wildman–Crippen LogP) is 2.33. The van der Waals surface area contributed by atoms with Gasteiger partial charge in [-0.05, 0) is 18.2 Å². The zero-order chi connectivity index (χ0) is 19.0. The third-order valence-electron chi connectivity index (χ3n) is 5.08. The highest BCUT2D eigenvalue weighted by atomic mass is 79.9. The largest absolute Gasteiger partial charge is 0.335 e. The molecule has 2 aliphatic heterocycles. The molecule has 142 valence electrons. The van der Waals surface area contributed by atoms with Crippen LogP contribution < -0.4 is 0 Å². The molecule has 4 rings (SSSR count). The van der Waals surface area contributed by atoms with E-state index in [4.69, 9.17) is 0 Å². The predicted molar refractivity (Wildman–Crippen MR) is 103 cm³/mol. The SMILES string of the molecule is O=C(c1cscn1)N1CCN(C2CN(C(=O)c3cc(Br)ccc3F)C2)CC1. The number of halogens is 2. The first-order valence-electron chi connectivity index (χ1n) is 8.69. The van der Waals surface area contributed by atoms with Crippen molar-refractivity contribution in [2.45, 2.75) is 6.04 Å². The molecule has 0 spiro atoms. The van der Waals surface area contributed by atoms with Crippen LogP contribution in [0.4, 0.5) is 4.39 Å². The molecule has 2 aromatic rings. The van der Waals surface area contributed by atoms with Crippen molar-refractivity contribution in [3.63, 3.8) is 0 Å². The summed E-state index contributed by atoms with van der Waals surface area (Å²) in [6.45, 7) is 4.03. The van der Waals surface area contributed by atoms with Crippen LogP contribution in [0.5, 0.6) is 0 Å². The van der Waals surface area contributed by atoms with E-state index in [1.165, 1.54) is 23.5 Å². The van der Waals surface area contributed by atoms with Crippen LogP contribution in [0.1, 0.15) is 20.8 Å². The van der Waals surface area contributed by atoms with Crippen LogP contribution in [0.15, 0.2) is 33.6 Å². The molecule has 1 aromatic carbocycles. The highest BCUT2D eigenvalue weighted by Gasteiger charge is 2.37. The molecule has 1 aromatic heterocycles. The molecule has 9 heteroatoms. The lowest BCUT2D eigenvalue weighted by Gasteiger charge is -2.48. The monoisotopic (exact) mass is 452 g/mol. The topological polar surface area (TPSA) is 56.8 Å². The fraction of sp³-hybridized carbons (Fsp3) is 0.389. The summed E-state index contributed by atoms with van der Waals surface area (Å²) in [6, 6.07) is 4.67. The molecule has 2 amide bonds. The van der Waals surface area contributed by atoms with Gasteiger partial charge in [0, 0.05) is 55.2 Å². The third kappa shape index (κ3) is 3.76. The lowest BCUT2D eigenvalue weighted by Crippen LogP contribution is -2.64. The van der Waals surface area contributed by atoms with E-state index in [9.17, 15) is 14.0 Å². The lowest BCUT2D eigenvalue weighted by molar-refractivity contribution is 0.00821. The number of carbonyl (C=O) groups excluding carboxylic acids is 2. The summed E-state index contributed by atoms with van der Waals surface area (Å²) >= 11 is 4.69. The summed E-state index contributed by atoms with van der Waals surface area (Å²) in [5, 5.41) is 1.77. The van der Waals surface area contributed by atoms with Gasteiger partial charge < -0.3 is 9.80 Å². The van der Waals surface area contributed by atoms with Gasteiger partial charge in [0.25, 0.3) is 11.8 Å². The maximum absolute atomic E-state index is 13.9. The number of hydrogen-bond acceptors (Lipinski definition) is 5. The molecule has 2 aliphatic rings. The quantitative estimate of drug-likeness (QED) is 0.716. The van der Waals surface area contributed by atoms with E-state index in [1.807, 2.05) is 4.90 Å². The van der Waals surface area contributed by atoms with Crippen LogP contribution >= 0.6 is 27.3 Å². The van der Waals surface area contributed by atoms with Crippen molar-refractivity contribution in [1.29, 1.82) is 0 Å². The maximum Gasteiger partial charge on any atom is 0.273 e. The highest BCUT2D eigenvalue weighted by molar-refractivity contribution is 9.10. The van der Waals surface area contributed by atoms with Gasteiger partial charge in [0.15, 0.2) is 0 Å². The van der Waals surface area contributed by atoms with E-state index < -0.39 is 5.82 Å². The van der Waals surface area contributed by atoms with E-state index in [2.05, 4.69) is 25.8 Å². The minimum Gasteiger partial charge on any atom is -0.335 e. The number of likely N-dealkylation sites (tertiary alicyclic amines) is 1. The van der Waals surface area contributed by atoms with Crippen LogP contribution in [0.3, 0.4) is 0 Å². The Morgan fingerprint density at radius 3 is 2.52 bits per heavy atom. The summed E-state index contributed by atoms with van der Waals surface area (Å²) in [5.74, 6) is -0.797. The number of nitrogens with zero attached hydrogens (tertiary/aromatic N) is 4. The van der Waals surface area contributed by atoms with E-state index >= 15 is 0 Å². The Hall–Kier alpha value is -1.84. The number of hydrogen-bond donors (Lipinski definition) is 0. The van der Waals surface area contributed by atoms with Crippen LogP contribution in [-0.2, 0) is 0 Å². The number of amides is 2. The number of aromatic nitrogens is 1. The lowest BCUT2D eigenvalue weighted by atomic mass is 10.0. The maximum atomic E-state index is 13.9. The van der Waals surface area contributed by atoms with Gasteiger partial charge in [-0.15, -0.1) is 11.3 Å². The smallest absolute Gasteiger partial charge is 0.273 e. The van der Waals surface area contributed by atoms with Gasteiger partial charge in [0.2, 0.25) is 0 Å². The number of piperazine rings is 1. The van der Waals surface area contributed by atoms with E-state index in [0.717, 1.165) is 13.1 Å². The number of benzene rings is 1. The van der Waals surface area contributed by atoms with Crippen molar-refractivity contribution >= 4 is 39.1 Å². The molecule has 2 saturated heterocycles. The van der Waals surface area contributed by atoms with Gasteiger partial charge in [-0.25, -0.2) is 9.37 Å². The Labute approximate surface area is 168 Å². The summed E-state index contributed by atoms with van der Waals surface area (Å²) in [7, 11) is 0. The van der Waals surface area contributed by atoms with Crippen molar-refractivity contribution in [3.8, 4) is 0 Å². The fourth-order valence-electron chi connectivity index (χ4n) is 3.45. The van der Waals surface area contributed by atoms with Gasteiger partial charge in [0.05, 0.1) is 11.1 Å². The second-order valence-electron chi connectivity index (χ2n) is 6.69. The van der Waals surface area contributed by atoms with Gasteiger partial charge >= 0.3 is 0 Å². The van der Waals surface area contributed by atoms with Crippen LogP contribution in [0.2, 0.25) is 0 Å². The fourth-order valence-corrected chi connectivity index (χ4v) is 4.34. The molecule has 6 nitrogen and oxygen atoms in total. The molecule has 0 radical (unpaired) electrons. The Morgan fingerprint density at radius 2 is 1.85 bits per heavy atom. The number of rotatable bonds is 3. The van der Waals surface area contributed by atoms with Gasteiger partial charge in [-0.1, -0.05) is 15.9 Å². The Balaban J connectivity index is 1.29. The molecule has 0 bridgehead atoms. The third-order valence-corrected chi connectivity index (χ3v) is 6.16. The molecule has 2 fully saturated rings. The highest BCUT2D eigenvalue weighted by Crippen LogP contribution is 2.23. The van der Waals surface area contributed by atoms with E-state index in [-0.39, 0.29) is 23.4 Å². The van der Waals surface area contributed by atoms with Gasteiger partial charge in [-0.3, -0.25) is 14.5 Å². The van der Waals surface area contributed by atoms with Crippen molar-refractivity contribution in [2.75, 3.05) is 39.3 Å². The zero-order valence-electron chi connectivity index (χ0n) is 14.5. The second-order valence-corrected chi connectivity index (χ2v) is 8.32. The molecule has 0 aliphatic carbocycles. The standard InChI is InChI=1S/C18H18BrFN4O2S/c19-12-1-2-15(20)14(7-12)17(25)24-8-13(9-24)22-3-5-23(6-4-22)18(26)16-10-27-11-21-16/h1-2,7,10-11,13H,3-6,8-9H2. The van der Waals surface area contributed by atoms with Crippen LogP contribution in [-0.4, -0.2) is 76.8 Å². The first-order chi connectivity index (χ1) is 13.0. The molecule has 0 unspecified atom stereocenters. The normalized spacial score (nSPS) is 18.4. The molecule has 27 heavy (non-hydrogen) atoms. The van der Waals surface area contributed by atoms with Gasteiger partial charge in [-0.2, -0.15) is 0 Å². The van der Waals surface area contributed by atoms with E-state index in [1.54, 1.807) is 21.9 Å². The van der Waals surface area contributed by atoms with Gasteiger partial charge in [0.1, 0.15) is 11.5 Å². The van der Waals surface area contributed by atoms with Crippen molar-refractivity contribution < 1.29 is 14.0 Å². The minimum absolute atomic E-state index is 0.0218. The van der Waals surface area contributed by atoms with Crippen molar-refractivity contribution in [1.82, 2.24) is 19.7 Å². The Bertz CT molecular complexity index is 849. The molecule has 0 saturated carbocycles. The summed E-state index contributed by atoms with van der Waals surface area (Å²) in [6.07, 6.45) is 0. The summed E-state index contributed by atoms with van der Waals surface area (Å²) in [4.78, 5) is 34.7. The second kappa shape index (κ2) is 7.65. The average molecular weight is 453 g/mol. The summed E-state index contributed by atoms with van der Waals surface area (Å²) in [5.41, 5.74) is 2.27. The number of carbonyl (C=O) groups is 2. The zero-order valence-corrected chi connectivity index (χ0v) is 16.9. The molecular weight excluding hydrogens is 435 g/mol. The molecule has 0 atom stereocenters.